The molecule has 212 valence electrons. The van der Waals surface area contributed by atoms with Gasteiger partial charge in [0.05, 0.1) is 37.4 Å². The summed E-state index contributed by atoms with van der Waals surface area (Å²) in [5.41, 5.74) is 5.73. The van der Waals surface area contributed by atoms with Crippen LogP contribution >= 0.6 is 0 Å². The molecule has 3 heterocycles. The molecule has 0 bridgehead atoms. The number of carbonyl (C=O) groups is 1. The Morgan fingerprint density at radius 3 is 2.57 bits per heavy atom. The maximum absolute atomic E-state index is 14.2. The summed E-state index contributed by atoms with van der Waals surface area (Å²) in [6, 6.07) is 12.7. The van der Waals surface area contributed by atoms with Crippen molar-refractivity contribution in [3.8, 4) is 24.0 Å². The number of hydrogen-bond acceptors (Lipinski definition) is 9. The fraction of sp³-hybridized carbons (Fsp3) is 0.333. The van der Waals surface area contributed by atoms with Crippen molar-refractivity contribution in [1.29, 1.82) is 10.5 Å². The lowest BCUT2D eigenvalue weighted by Gasteiger charge is -2.31. The zero-order chi connectivity index (χ0) is 30.0. The third kappa shape index (κ3) is 4.87. The number of nitriles is 2. The van der Waals surface area contributed by atoms with E-state index in [0.29, 0.717) is 40.9 Å². The van der Waals surface area contributed by atoms with E-state index in [-0.39, 0.29) is 35.9 Å². The van der Waals surface area contributed by atoms with Crippen molar-refractivity contribution in [2.75, 3.05) is 25.1 Å². The monoisotopic (exact) mass is 564 g/mol. The molecular formula is C30H28N8O4. The Balaban J connectivity index is 1.81. The minimum Gasteiger partial charge on any atom is -0.468 e. The van der Waals surface area contributed by atoms with E-state index in [1.807, 2.05) is 4.90 Å². The number of imidazole rings is 1. The molecule has 1 fully saturated rings. The van der Waals surface area contributed by atoms with Crippen molar-refractivity contribution >= 4 is 33.9 Å². The van der Waals surface area contributed by atoms with Crippen LogP contribution in [0, 0.1) is 34.5 Å². The molecule has 12 nitrogen and oxygen atoms in total. The Kier molecular flexibility index (Phi) is 7.79. The molecule has 1 aliphatic rings. The van der Waals surface area contributed by atoms with Crippen LogP contribution in [0.5, 0.6) is 0 Å². The number of nitrogens with zero attached hydrogens (tertiary/aromatic N) is 7. The van der Waals surface area contributed by atoms with Crippen molar-refractivity contribution in [2.24, 2.45) is 5.73 Å². The summed E-state index contributed by atoms with van der Waals surface area (Å²) in [5, 5.41) is 21.0. The highest BCUT2D eigenvalue weighted by molar-refractivity contribution is 5.93. The van der Waals surface area contributed by atoms with Gasteiger partial charge in [-0.25, -0.2) is 4.79 Å². The fourth-order valence-electron chi connectivity index (χ4n) is 5.45. The van der Waals surface area contributed by atoms with Gasteiger partial charge >= 0.3 is 11.7 Å². The Bertz CT molecular complexity index is 1990. The van der Waals surface area contributed by atoms with E-state index >= 15 is 0 Å². The first-order chi connectivity index (χ1) is 20.3. The van der Waals surface area contributed by atoms with Gasteiger partial charge in [-0.1, -0.05) is 30.2 Å². The number of benzene rings is 2. The minimum absolute atomic E-state index is 0.0235. The van der Waals surface area contributed by atoms with Gasteiger partial charge in [-0.2, -0.15) is 15.5 Å². The number of fused-ring (bicyclic) bond motifs is 2. The van der Waals surface area contributed by atoms with Gasteiger partial charge in [0.2, 0.25) is 5.95 Å². The molecule has 2 N–H and O–H groups in total. The van der Waals surface area contributed by atoms with Crippen LogP contribution in [-0.2, 0) is 29.2 Å². The molecule has 0 saturated carbocycles. The van der Waals surface area contributed by atoms with Crippen LogP contribution < -0.4 is 21.9 Å². The number of carbonyl (C=O) groups excluding carboxylic acids is 1. The second kappa shape index (κ2) is 11.6. The highest BCUT2D eigenvalue weighted by Gasteiger charge is 2.28. The molecule has 2 aromatic heterocycles. The molecule has 0 aliphatic carbocycles. The first-order valence-electron chi connectivity index (χ1n) is 13.4. The number of rotatable bonds is 6. The van der Waals surface area contributed by atoms with Crippen LogP contribution in [0.15, 0.2) is 39.9 Å². The average Bonchev–Trinajstić information content (AvgIpc) is 3.39. The van der Waals surface area contributed by atoms with Gasteiger partial charge in [0.15, 0.2) is 11.2 Å². The number of ether oxygens (including phenoxy) is 1. The van der Waals surface area contributed by atoms with E-state index in [2.05, 4.69) is 24.0 Å². The number of methoxy groups -OCH3 is 1. The molecular weight excluding hydrogens is 536 g/mol. The van der Waals surface area contributed by atoms with Crippen molar-refractivity contribution in [1.82, 2.24) is 18.7 Å². The number of anilines is 1. The molecule has 1 unspecified atom stereocenters. The lowest BCUT2D eigenvalue weighted by molar-refractivity contribution is -0.141. The van der Waals surface area contributed by atoms with E-state index in [0.717, 1.165) is 22.0 Å². The predicted molar refractivity (Wildman–Crippen MR) is 156 cm³/mol. The maximum atomic E-state index is 14.2. The van der Waals surface area contributed by atoms with Gasteiger partial charge in [-0.05, 0) is 31.4 Å². The normalized spacial score (nSPS) is 14.7. The number of piperidine rings is 1. The molecule has 0 radical (unpaired) electrons. The van der Waals surface area contributed by atoms with Crippen LogP contribution in [0.4, 0.5) is 5.95 Å². The summed E-state index contributed by atoms with van der Waals surface area (Å²) in [6.07, 6.45) is 1.67. The Morgan fingerprint density at radius 2 is 1.90 bits per heavy atom. The summed E-state index contributed by atoms with van der Waals surface area (Å²) >= 11 is 0. The van der Waals surface area contributed by atoms with Crippen LogP contribution in [0.1, 0.15) is 36.5 Å². The number of aromatic nitrogens is 4. The molecule has 1 saturated heterocycles. The molecule has 42 heavy (non-hydrogen) atoms. The summed E-state index contributed by atoms with van der Waals surface area (Å²) in [5.74, 6) is 5.53. The van der Waals surface area contributed by atoms with Gasteiger partial charge in [0, 0.05) is 29.9 Å². The van der Waals surface area contributed by atoms with Crippen molar-refractivity contribution in [3.05, 3.63) is 67.9 Å². The zero-order valence-electron chi connectivity index (χ0n) is 23.3. The molecule has 1 aliphatic heterocycles. The van der Waals surface area contributed by atoms with E-state index in [4.69, 9.17) is 15.5 Å². The largest absolute Gasteiger partial charge is 0.468 e. The first kappa shape index (κ1) is 28.2. The number of esters is 1. The smallest absolute Gasteiger partial charge is 0.333 e. The summed E-state index contributed by atoms with van der Waals surface area (Å²) < 4.78 is 8.55. The van der Waals surface area contributed by atoms with E-state index in [9.17, 15) is 24.9 Å². The molecule has 0 spiro atoms. The standard InChI is InChI=1S/C30H28N8O4/c1-3-4-12-36-26-27(34-29(36)35-11-7-8-21(33)17-35)37(18-25(39)42-2)30(41)38(28(26)40)16-20-13-19(14-31)22-9-5-6-10-23(22)24(20)15-32/h5-6,9-10,13,21H,7-8,11-12,16-18,33H2,1-2H3. The van der Waals surface area contributed by atoms with Gasteiger partial charge in [-0.3, -0.25) is 23.3 Å². The molecule has 1 atom stereocenters. The zero-order valence-corrected chi connectivity index (χ0v) is 23.3. The van der Waals surface area contributed by atoms with Gasteiger partial charge in [0.25, 0.3) is 5.56 Å². The number of hydrogen-bond donors (Lipinski definition) is 1. The SMILES string of the molecule is CC#CCn1c(N2CCCC(N)C2)nc2c1c(=O)n(Cc1cc(C#N)c3ccccc3c1C#N)c(=O)n2CC(=O)OC. The molecule has 0 amide bonds. The highest BCUT2D eigenvalue weighted by atomic mass is 16.5. The average molecular weight is 565 g/mol. The van der Waals surface area contributed by atoms with Crippen molar-refractivity contribution in [2.45, 2.75) is 45.4 Å². The minimum atomic E-state index is -0.804. The van der Waals surface area contributed by atoms with Gasteiger partial charge in [-0.15, -0.1) is 5.92 Å². The van der Waals surface area contributed by atoms with E-state index in [1.54, 1.807) is 35.8 Å². The van der Waals surface area contributed by atoms with Crippen LogP contribution in [0.2, 0.25) is 0 Å². The van der Waals surface area contributed by atoms with Crippen molar-refractivity contribution < 1.29 is 9.53 Å². The Morgan fingerprint density at radius 1 is 1.14 bits per heavy atom. The third-order valence-electron chi connectivity index (χ3n) is 7.45. The lowest BCUT2D eigenvalue weighted by Crippen LogP contribution is -2.44. The highest BCUT2D eigenvalue weighted by Crippen LogP contribution is 2.27. The first-order valence-corrected chi connectivity index (χ1v) is 13.4. The van der Waals surface area contributed by atoms with Crippen LogP contribution in [0.3, 0.4) is 0 Å². The van der Waals surface area contributed by atoms with Crippen LogP contribution in [0.25, 0.3) is 21.9 Å². The second-order valence-corrected chi connectivity index (χ2v) is 10.0. The lowest BCUT2D eigenvalue weighted by atomic mass is 9.95. The molecule has 5 rings (SSSR count). The molecule has 12 heteroatoms. The third-order valence-corrected chi connectivity index (χ3v) is 7.45. The summed E-state index contributed by atoms with van der Waals surface area (Å²) in [4.78, 5) is 47.1. The van der Waals surface area contributed by atoms with Crippen LogP contribution in [-0.4, -0.2) is 50.9 Å². The fourth-order valence-corrected chi connectivity index (χ4v) is 5.45. The summed E-state index contributed by atoms with van der Waals surface area (Å²) in [6.45, 7) is 2.12. The second-order valence-electron chi connectivity index (χ2n) is 10.0. The topological polar surface area (TPSA) is 165 Å². The maximum Gasteiger partial charge on any atom is 0.333 e. The predicted octanol–water partition coefficient (Wildman–Crippen LogP) is 1.43. The Hall–Kier alpha value is -5.38. The molecule has 2 aromatic carbocycles. The van der Waals surface area contributed by atoms with Gasteiger partial charge in [0.1, 0.15) is 12.6 Å². The van der Waals surface area contributed by atoms with Gasteiger partial charge < -0.3 is 15.4 Å². The van der Waals surface area contributed by atoms with Crippen molar-refractivity contribution in [3.63, 3.8) is 0 Å². The van der Waals surface area contributed by atoms with E-state index < -0.39 is 23.8 Å². The number of nitrogens with two attached hydrogens (primary N) is 1. The summed E-state index contributed by atoms with van der Waals surface area (Å²) in [7, 11) is 1.20. The quantitative estimate of drug-likeness (QED) is 0.269. The Labute approximate surface area is 240 Å². The molecule has 4 aromatic rings. The van der Waals surface area contributed by atoms with E-state index in [1.165, 1.54) is 13.2 Å².